The summed E-state index contributed by atoms with van der Waals surface area (Å²) in [6, 6.07) is 14.6. The van der Waals surface area contributed by atoms with Crippen LogP contribution in [0, 0.1) is 0 Å². The summed E-state index contributed by atoms with van der Waals surface area (Å²) in [5.41, 5.74) is 10.1. The molecule has 0 aliphatic carbocycles. The van der Waals surface area contributed by atoms with Gasteiger partial charge in [-0.25, -0.2) is 9.97 Å². The average molecular weight is 448 g/mol. The Morgan fingerprint density at radius 2 is 1.55 bits per heavy atom. The zero-order chi connectivity index (χ0) is 23.0. The molecule has 1 aliphatic heterocycles. The molecule has 174 valence electrons. The molecule has 1 aliphatic rings. The van der Waals surface area contributed by atoms with Gasteiger partial charge in [0.05, 0.1) is 13.2 Å². The maximum absolute atomic E-state index is 6.21. The van der Waals surface area contributed by atoms with Crippen LogP contribution in [-0.2, 0) is 6.54 Å². The quantitative estimate of drug-likeness (QED) is 0.464. The summed E-state index contributed by atoms with van der Waals surface area (Å²) in [5, 5.41) is 3.50. The van der Waals surface area contributed by atoms with Gasteiger partial charge >= 0.3 is 0 Å². The molecule has 3 aromatic rings. The smallest absolute Gasteiger partial charge is 0.222 e. The van der Waals surface area contributed by atoms with Crippen molar-refractivity contribution in [2.24, 2.45) is 0 Å². The second-order valence-corrected chi connectivity index (χ2v) is 8.23. The first-order valence-corrected chi connectivity index (χ1v) is 11.7. The van der Waals surface area contributed by atoms with Crippen LogP contribution in [0.15, 0.2) is 54.9 Å². The molecule has 0 saturated carbocycles. The van der Waals surface area contributed by atoms with Crippen molar-refractivity contribution in [2.45, 2.75) is 39.3 Å². The van der Waals surface area contributed by atoms with E-state index in [2.05, 4.69) is 32.3 Å². The van der Waals surface area contributed by atoms with Crippen molar-refractivity contribution in [1.29, 1.82) is 0 Å². The zero-order valence-corrected chi connectivity index (χ0v) is 19.5. The topological polar surface area (TPSA) is 85.5 Å². The molecule has 33 heavy (non-hydrogen) atoms. The molecule has 7 heteroatoms. The van der Waals surface area contributed by atoms with Gasteiger partial charge in [0.25, 0.3) is 0 Å². The van der Waals surface area contributed by atoms with Crippen LogP contribution in [-0.4, -0.2) is 47.2 Å². The third-order valence-corrected chi connectivity index (χ3v) is 5.85. The van der Waals surface area contributed by atoms with E-state index >= 15 is 0 Å². The summed E-state index contributed by atoms with van der Waals surface area (Å²) in [6.45, 7) is 7.91. The largest absolute Gasteiger partial charge is 0.492 e. The van der Waals surface area contributed by atoms with E-state index < -0.39 is 0 Å². The van der Waals surface area contributed by atoms with Gasteiger partial charge in [-0.05, 0) is 49.9 Å². The number of anilines is 2. The lowest BCUT2D eigenvalue weighted by molar-refractivity contribution is 0.210. The molecule has 0 amide bonds. The Balaban J connectivity index is 1.32. The molecule has 7 nitrogen and oxygen atoms in total. The first-order chi connectivity index (χ1) is 16.2. The van der Waals surface area contributed by atoms with Gasteiger partial charge in [-0.3, -0.25) is 4.90 Å². The Bertz CT molecular complexity index is 992. The fourth-order valence-corrected chi connectivity index (χ4v) is 4.15. The van der Waals surface area contributed by atoms with Crippen LogP contribution in [0.2, 0.25) is 0 Å². The summed E-state index contributed by atoms with van der Waals surface area (Å²) < 4.78 is 11.5. The highest BCUT2D eigenvalue weighted by molar-refractivity contribution is 5.64. The molecule has 3 N–H and O–H groups in total. The van der Waals surface area contributed by atoms with Crippen molar-refractivity contribution in [3.05, 3.63) is 60.4 Å². The van der Waals surface area contributed by atoms with Gasteiger partial charge in [0.2, 0.25) is 5.95 Å². The van der Waals surface area contributed by atoms with Gasteiger partial charge in [0.15, 0.2) is 0 Å². The Kier molecular flexibility index (Phi) is 7.62. The SMILES string of the molecule is CCOc1cc(CN2CCC(Nc3ncc(-c4ccccc4)cn3)CC2)cc(OCC)c1N. The summed E-state index contributed by atoms with van der Waals surface area (Å²) >= 11 is 0. The van der Waals surface area contributed by atoms with E-state index in [9.17, 15) is 0 Å². The number of nitrogen functional groups attached to an aromatic ring is 1. The predicted molar refractivity (Wildman–Crippen MR) is 133 cm³/mol. The lowest BCUT2D eigenvalue weighted by Crippen LogP contribution is -2.39. The average Bonchev–Trinajstić information content (AvgIpc) is 2.84. The van der Waals surface area contributed by atoms with Crippen molar-refractivity contribution in [3.8, 4) is 22.6 Å². The molecule has 4 rings (SSSR count). The van der Waals surface area contributed by atoms with Crippen LogP contribution in [0.25, 0.3) is 11.1 Å². The van der Waals surface area contributed by atoms with Gasteiger partial charge in [-0.15, -0.1) is 0 Å². The van der Waals surface area contributed by atoms with Crippen LogP contribution < -0.4 is 20.5 Å². The number of hydrogen-bond acceptors (Lipinski definition) is 7. The van der Waals surface area contributed by atoms with Crippen LogP contribution in [0.5, 0.6) is 11.5 Å². The minimum atomic E-state index is 0.369. The van der Waals surface area contributed by atoms with E-state index in [1.165, 1.54) is 0 Å². The number of nitrogens with two attached hydrogens (primary N) is 1. The van der Waals surface area contributed by atoms with Crippen molar-refractivity contribution < 1.29 is 9.47 Å². The van der Waals surface area contributed by atoms with Crippen molar-refractivity contribution in [1.82, 2.24) is 14.9 Å². The number of benzene rings is 2. The highest BCUT2D eigenvalue weighted by Gasteiger charge is 2.21. The third kappa shape index (κ3) is 5.93. The molecule has 0 spiro atoms. The number of piperidine rings is 1. The molecule has 1 aromatic heterocycles. The summed E-state index contributed by atoms with van der Waals surface area (Å²) in [7, 11) is 0. The number of ether oxygens (including phenoxy) is 2. The lowest BCUT2D eigenvalue weighted by Gasteiger charge is -2.32. The maximum atomic E-state index is 6.21. The molecule has 2 heterocycles. The minimum absolute atomic E-state index is 0.369. The predicted octanol–water partition coefficient (Wildman–Crippen LogP) is 4.60. The fraction of sp³-hybridized carbons (Fsp3) is 0.385. The molecule has 2 aromatic carbocycles. The second kappa shape index (κ2) is 11.0. The van der Waals surface area contributed by atoms with E-state index in [0.29, 0.717) is 42.4 Å². The Labute approximate surface area is 196 Å². The molecule has 0 radical (unpaired) electrons. The van der Waals surface area contributed by atoms with Crippen LogP contribution >= 0.6 is 0 Å². The second-order valence-electron chi connectivity index (χ2n) is 8.23. The molecular weight excluding hydrogens is 414 g/mol. The zero-order valence-electron chi connectivity index (χ0n) is 19.5. The Morgan fingerprint density at radius 1 is 0.939 bits per heavy atom. The van der Waals surface area contributed by atoms with Crippen molar-refractivity contribution in [2.75, 3.05) is 37.4 Å². The normalized spacial score (nSPS) is 14.7. The number of likely N-dealkylation sites (tertiary alicyclic amines) is 1. The van der Waals surface area contributed by atoms with Crippen molar-refractivity contribution >= 4 is 11.6 Å². The molecule has 0 unspecified atom stereocenters. The van der Waals surface area contributed by atoms with Gasteiger partial charge in [0.1, 0.15) is 17.2 Å². The minimum Gasteiger partial charge on any atom is -0.492 e. The van der Waals surface area contributed by atoms with Crippen LogP contribution in [0.1, 0.15) is 32.3 Å². The number of nitrogens with one attached hydrogen (secondary N) is 1. The molecule has 1 saturated heterocycles. The number of aromatic nitrogens is 2. The van der Waals surface area contributed by atoms with Crippen LogP contribution in [0.3, 0.4) is 0 Å². The molecular formula is C26H33N5O2. The highest BCUT2D eigenvalue weighted by atomic mass is 16.5. The lowest BCUT2D eigenvalue weighted by atomic mass is 10.0. The standard InChI is InChI=1S/C26H33N5O2/c1-3-32-23-14-19(15-24(25(23)27)33-4-2)18-31-12-10-22(11-13-31)30-26-28-16-21(17-29-26)20-8-6-5-7-9-20/h5-9,14-17,22H,3-4,10-13,18,27H2,1-2H3,(H,28,29,30). The number of nitrogens with zero attached hydrogens (tertiary/aromatic N) is 3. The number of rotatable bonds is 9. The third-order valence-electron chi connectivity index (χ3n) is 5.85. The Morgan fingerprint density at radius 3 is 2.12 bits per heavy atom. The first kappa shape index (κ1) is 22.9. The van der Waals surface area contributed by atoms with E-state index in [1.807, 2.05) is 56.6 Å². The van der Waals surface area contributed by atoms with Crippen molar-refractivity contribution in [3.63, 3.8) is 0 Å². The maximum Gasteiger partial charge on any atom is 0.222 e. The summed E-state index contributed by atoms with van der Waals surface area (Å²) in [5.74, 6) is 2.09. The Hall–Kier alpha value is -3.32. The van der Waals surface area contributed by atoms with Gasteiger partial charge in [0, 0.05) is 43.6 Å². The molecule has 1 fully saturated rings. The first-order valence-electron chi connectivity index (χ1n) is 11.7. The van der Waals surface area contributed by atoms with E-state index in [4.69, 9.17) is 15.2 Å². The number of hydrogen-bond donors (Lipinski definition) is 2. The van der Waals surface area contributed by atoms with E-state index in [0.717, 1.165) is 49.2 Å². The van der Waals surface area contributed by atoms with E-state index in [-0.39, 0.29) is 0 Å². The monoisotopic (exact) mass is 447 g/mol. The summed E-state index contributed by atoms with van der Waals surface area (Å²) in [4.78, 5) is 11.5. The molecule has 0 atom stereocenters. The highest BCUT2D eigenvalue weighted by Crippen LogP contribution is 2.34. The van der Waals surface area contributed by atoms with Crippen LogP contribution in [0.4, 0.5) is 11.6 Å². The summed E-state index contributed by atoms with van der Waals surface area (Å²) in [6.07, 6.45) is 5.84. The van der Waals surface area contributed by atoms with Gasteiger partial charge < -0.3 is 20.5 Å². The van der Waals surface area contributed by atoms with Gasteiger partial charge in [-0.2, -0.15) is 0 Å². The fourth-order valence-electron chi connectivity index (χ4n) is 4.15. The van der Waals surface area contributed by atoms with E-state index in [1.54, 1.807) is 0 Å². The molecule has 0 bridgehead atoms. The van der Waals surface area contributed by atoms with Gasteiger partial charge in [-0.1, -0.05) is 30.3 Å².